The van der Waals surface area contributed by atoms with Gasteiger partial charge in [0.2, 0.25) is 0 Å². The predicted octanol–water partition coefficient (Wildman–Crippen LogP) is 2.34. The monoisotopic (exact) mass is 279 g/mol. The highest BCUT2D eigenvalue weighted by molar-refractivity contribution is 7.20. The van der Waals surface area contributed by atoms with Crippen molar-refractivity contribution in [1.82, 2.24) is 10.3 Å². The Hall–Kier alpha value is -1.73. The molecule has 0 bridgehead atoms. The number of thiazole rings is 1. The number of benzene rings is 1. The zero-order valence-electron chi connectivity index (χ0n) is 10.2. The minimum Gasteiger partial charge on any atom is -0.468 e. The van der Waals surface area contributed by atoms with Crippen molar-refractivity contribution in [2.24, 2.45) is 0 Å². The van der Waals surface area contributed by atoms with E-state index in [-0.39, 0.29) is 5.69 Å². The standard InChI is InChI=1S/C12H13N3O3S/c16-15(17)9-3-4-11-10(6-9)14-12(19-11)18-7-8-2-1-5-13-8/h3-4,6,8,13H,1-2,5,7H2/t8-/m0/s1. The smallest absolute Gasteiger partial charge is 0.274 e. The largest absolute Gasteiger partial charge is 0.468 e. The summed E-state index contributed by atoms with van der Waals surface area (Å²) in [7, 11) is 0. The summed E-state index contributed by atoms with van der Waals surface area (Å²) in [5.41, 5.74) is 0.676. The predicted molar refractivity (Wildman–Crippen MR) is 72.8 cm³/mol. The average molecular weight is 279 g/mol. The number of rotatable bonds is 4. The molecule has 1 aromatic heterocycles. The van der Waals surface area contributed by atoms with Gasteiger partial charge < -0.3 is 10.1 Å². The second-order valence-corrected chi connectivity index (χ2v) is 5.49. The number of hydrogen-bond donors (Lipinski definition) is 1. The van der Waals surface area contributed by atoms with Crippen molar-refractivity contribution >= 4 is 27.2 Å². The fraction of sp³-hybridized carbons (Fsp3) is 0.417. The number of nitrogens with zero attached hydrogens (tertiary/aromatic N) is 2. The lowest BCUT2D eigenvalue weighted by Crippen LogP contribution is -2.28. The molecular formula is C12H13N3O3S. The number of nitro benzene ring substituents is 1. The molecule has 2 aromatic rings. The third-order valence-corrected chi connectivity index (χ3v) is 4.08. The molecular weight excluding hydrogens is 266 g/mol. The Bertz CT molecular complexity index is 607. The first-order valence-corrected chi connectivity index (χ1v) is 6.95. The zero-order chi connectivity index (χ0) is 13.2. The van der Waals surface area contributed by atoms with Crippen LogP contribution in [-0.4, -0.2) is 29.1 Å². The molecule has 2 heterocycles. The van der Waals surface area contributed by atoms with Gasteiger partial charge in [-0.3, -0.25) is 10.1 Å². The Morgan fingerprint density at radius 2 is 2.47 bits per heavy atom. The number of hydrogen-bond acceptors (Lipinski definition) is 6. The molecule has 1 saturated heterocycles. The van der Waals surface area contributed by atoms with Crippen LogP contribution in [0.2, 0.25) is 0 Å². The summed E-state index contributed by atoms with van der Waals surface area (Å²) in [6, 6.07) is 5.07. The first-order chi connectivity index (χ1) is 9.22. The lowest BCUT2D eigenvalue weighted by molar-refractivity contribution is -0.384. The molecule has 19 heavy (non-hydrogen) atoms. The van der Waals surface area contributed by atoms with Crippen LogP contribution in [0.15, 0.2) is 18.2 Å². The van der Waals surface area contributed by atoms with Gasteiger partial charge in [-0.05, 0) is 25.5 Å². The SMILES string of the molecule is O=[N+]([O-])c1ccc2sc(OC[C@@H]3CCCN3)nc2c1. The average Bonchev–Trinajstić information content (AvgIpc) is 3.04. The minimum absolute atomic E-state index is 0.0572. The van der Waals surface area contributed by atoms with Gasteiger partial charge in [0.1, 0.15) is 6.61 Å². The summed E-state index contributed by atoms with van der Waals surface area (Å²) in [5, 5.41) is 14.6. The summed E-state index contributed by atoms with van der Waals surface area (Å²) in [6.07, 6.45) is 2.30. The van der Waals surface area contributed by atoms with E-state index in [9.17, 15) is 10.1 Å². The van der Waals surface area contributed by atoms with E-state index in [2.05, 4.69) is 10.3 Å². The molecule has 6 nitrogen and oxygen atoms in total. The zero-order valence-corrected chi connectivity index (χ0v) is 11.0. The number of nitro groups is 1. The Balaban J connectivity index is 1.75. The Labute approximate surface area is 113 Å². The van der Waals surface area contributed by atoms with Gasteiger partial charge in [0, 0.05) is 18.2 Å². The number of ether oxygens (including phenoxy) is 1. The van der Waals surface area contributed by atoms with Crippen LogP contribution in [0.3, 0.4) is 0 Å². The maximum absolute atomic E-state index is 10.7. The first-order valence-electron chi connectivity index (χ1n) is 6.13. The van der Waals surface area contributed by atoms with Crippen LogP contribution in [-0.2, 0) is 0 Å². The highest BCUT2D eigenvalue weighted by atomic mass is 32.1. The highest BCUT2D eigenvalue weighted by Crippen LogP contribution is 2.30. The van der Waals surface area contributed by atoms with E-state index in [0.717, 1.165) is 17.7 Å². The molecule has 1 fully saturated rings. The normalized spacial score (nSPS) is 18.8. The van der Waals surface area contributed by atoms with Crippen molar-refractivity contribution in [2.45, 2.75) is 18.9 Å². The number of nitrogens with one attached hydrogen (secondary N) is 1. The van der Waals surface area contributed by atoms with Gasteiger partial charge in [-0.1, -0.05) is 11.3 Å². The quantitative estimate of drug-likeness (QED) is 0.686. The molecule has 0 aliphatic carbocycles. The Morgan fingerprint density at radius 3 is 3.21 bits per heavy atom. The van der Waals surface area contributed by atoms with Gasteiger partial charge in [0.25, 0.3) is 10.9 Å². The van der Waals surface area contributed by atoms with Crippen molar-refractivity contribution in [3.05, 3.63) is 28.3 Å². The van der Waals surface area contributed by atoms with Gasteiger partial charge in [0.15, 0.2) is 0 Å². The van der Waals surface area contributed by atoms with Crippen LogP contribution in [0, 0.1) is 10.1 Å². The van der Waals surface area contributed by atoms with Gasteiger partial charge in [0.05, 0.1) is 15.1 Å². The van der Waals surface area contributed by atoms with E-state index in [1.54, 1.807) is 6.07 Å². The van der Waals surface area contributed by atoms with Crippen LogP contribution in [0.4, 0.5) is 5.69 Å². The van der Waals surface area contributed by atoms with Gasteiger partial charge >= 0.3 is 0 Å². The Kier molecular flexibility index (Phi) is 3.31. The van der Waals surface area contributed by atoms with Crippen molar-refractivity contribution in [3.8, 4) is 5.19 Å². The van der Waals surface area contributed by atoms with Gasteiger partial charge in [-0.15, -0.1) is 0 Å². The molecule has 0 unspecified atom stereocenters. The molecule has 1 aliphatic rings. The van der Waals surface area contributed by atoms with Crippen molar-refractivity contribution in [3.63, 3.8) is 0 Å². The second-order valence-electron chi connectivity index (χ2n) is 4.49. The van der Waals surface area contributed by atoms with Crippen LogP contribution < -0.4 is 10.1 Å². The first kappa shape index (κ1) is 12.3. The second kappa shape index (κ2) is 5.10. The van der Waals surface area contributed by atoms with Crippen LogP contribution >= 0.6 is 11.3 Å². The van der Waals surface area contributed by atoms with Crippen LogP contribution in [0.25, 0.3) is 10.2 Å². The lowest BCUT2D eigenvalue weighted by atomic mass is 10.2. The number of non-ortho nitro benzene ring substituents is 1. The molecule has 1 N–H and O–H groups in total. The topological polar surface area (TPSA) is 77.3 Å². The van der Waals surface area contributed by atoms with Crippen molar-refractivity contribution in [2.75, 3.05) is 13.2 Å². The number of aromatic nitrogens is 1. The highest BCUT2D eigenvalue weighted by Gasteiger charge is 2.16. The molecule has 100 valence electrons. The van der Waals surface area contributed by atoms with E-state index < -0.39 is 4.92 Å². The van der Waals surface area contributed by atoms with Gasteiger partial charge in [-0.2, -0.15) is 0 Å². The minimum atomic E-state index is -0.415. The molecule has 0 saturated carbocycles. The van der Waals surface area contributed by atoms with Crippen molar-refractivity contribution < 1.29 is 9.66 Å². The maximum Gasteiger partial charge on any atom is 0.274 e. The fourth-order valence-electron chi connectivity index (χ4n) is 2.14. The molecule has 0 spiro atoms. The summed E-state index contributed by atoms with van der Waals surface area (Å²) in [5.74, 6) is 0. The van der Waals surface area contributed by atoms with Gasteiger partial charge in [-0.25, -0.2) is 4.98 Å². The summed E-state index contributed by atoms with van der Waals surface area (Å²) < 4.78 is 6.55. The molecule has 1 aromatic carbocycles. The van der Waals surface area contributed by atoms with E-state index in [4.69, 9.17) is 4.74 Å². The van der Waals surface area contributed by atoms with Crippen LogP contribution in [0.1, 0.15) is 12.8 Å². The molecule has 3 rings (SSSR count). The lowest BCUT2D eigenvalue weighted by Gasteiger charge is -2.09. The molecule has 1 atom stereocenters. The number of fused-ring (bicyclic) bond motifs is 1. The van der Waals surface area contributed by atoms with Crippen LogP contribution in [0.5, 0.6) is 5.19 Å². The maximum atomic E-state index is 10.7. The molecule has 7 heteroatoms. The Morgan fingerprint density at radius 1 is 1.58 bits per heavy atom. The third-order valence-electron chi connectivity index (χ3n) is 3.13. The molecule has 0 radical (unpaired) electrons. The fourth-order valence-corrected chi connectivity index (χ4v) is 2.95. The summed E-state index contributed by atoms with van der Waals surface area (Å²) in [6.45, 7) is 1.64. The van der Waals surface area contributed by atoms with E-state index in [0.29, 0.717) is 23.4 Å². The third kappa shape index (κ3) is 2.66. The van der Waals surface area contributed by atoms with E-state index in [1.807, 2.05) is 0 Å². The summed E-state index contributed by atoms with van der Waals surface area (Å²) in [4.78, 5) is 14.6. The van der Waals surface area contributed by atoms with E-state index >= 15 is 0 Å². The molecule has 1 aliphatic heterocycles. The summed E-state index contributed by atoms with van der Waals surface area (Å²) >= 11 is 1.42. The van der Waals surface area contributed by atoms with E-state index in [1.165, 1.54) is 29.9 Å². The molecule has 0 amide bonds. The van der Waals surface area contributed by atoms with Crippen molar-refractivity contribution in [1.29, 1.82) is 0 Å².